The fourth-order valence-electron chi connectivity index (χ4n) is 0.200. The minimum absolute atomic E-state index is 0.881. The first-order chi connectivity index (χ1) is 4.33. The highest BCUT2D eigenvalue weighted by atomic mass is 80.0. The Morgan fingerprint density at radius 2 is 1.60 bits per heavy atom. The SMILES string of the molecule is CC(C)=C(Br)N=P(Br)(Br)Br. The lowest BCUT2D eigenvalue weighted by atomic mass is 10.4. The molecule has 0 saturated carbocycles. The zero-order valence-electron chi connectivity index (χ0n) is 5.41. The van der Waals surface area contributed by atoms with E-state index in [1.165, 1.54) is 0 Å². The van der Waals surface area contributed by atoms with Gasteiger partial charge in [0.05, 0.1) is 0 Å². The summed E-state index contributed by atoms with van der Waals surface area (Å²) in [5.41, 5.74) is 1.16. The molecule has 0 spiro atoms. The van der Waals surface area contributed by atoms with Crippen LogP contribution in [0.15, 0.2) is 14.9 Å². The molecular weight excluding hydrogens is 413 g/mol. The number of hydrogen-bond acceptors (Lipinski definition) is 1. The second-order valence-electron chi connectivity index (χ2n) is 1.81. The van der Waals surface area contributed by atoms with Gasteiger partial charge in [-0.1, -0.05) is 0 Å². The summed E-state index contributed by atoms with van der Waals surface area (Å²) in [5.74, 6) is 0. The maximum atomic E-state index is 4.27. The van der Waals surface area contributed by atoms with Crippen LogP contribution in [0, 0.1) is 0 Å². The summed E-state index contributed by atoms with van der Waals surface area (Å²) in [5, 5.41) is 0. The van der Waals surface area contributed by atoms with Crippen molar-refractivity contribution in [1.29, 1.82) is 0 Å². The van der Waals surface area contributed by atoms with E-state index >= 15 is 0 Å². The lowest BCUT2D eigenvalue weighted by Crippen LogP contribution is -1.65. The van der Waals surface area contributed by atoms with E-state index in [2.05, 4.69) is 67.1 Å². The molecule has 0 aliphatic carbocycles. The largest absolute Gasteiger partial charge is 0.227 e. The number of rotatable bonds is 1. The van der Waals surface area contributed by atoms with Crippen molar-refractivity contribution in [1.82, 2.24) is 0 Å². The van der Waals surface area contributed by atoms with Crippen LogP contribution in [0.3, 0.4) is 0 Å². The third kappa shape index (κ3) is 6.59. The molecule has 10 heavy (non-hydrogen) atoms. The highest BCUT2D eigenvalue weighted by Gasteiger charge is 2.03. The molecule has 0 N–H and O–H groups in total. The Balaban J connectivity index is 4.61. The molecule has 0 atom stereocenters. The zero-order chi connectivity index (χ0) is 8.36. The first-order valence-electron chi connectivity index (χ1n) is 2.37. The topological polar surface area (TPSA) is 12.4 Å². The zero-order valence-corrected chi connectivity index (χ0v) is 12.6. The Morgan fingerprint density at radius 3 is 1.70 bits per heavy atom. The van der Waals surface area contributed by atoms with Crippen LogP contribution in [-0.2, 0) is 0 Å². The maximum Gasteiger partial charge on any atom is 0.160 e. The Labute approximate surface area is 93.4 Å². The van der Waals surface area contributed by atoms with Gasteiger partial charge in [0.15, 0.2) is 3.16 Å². The number of hydrogen-bond donors (Lipinski definition) is 0. The van der Waals surface area contributed by atoms with Gasteiger partial charge in [0.2, 0.25) is 0 Å². The van der Waals surface area contributed by atoms with Crippen molar-refractivity contribution < 1.29 is 0 Å². The van der Waals surface area contributed by atoms with Gasteiger partial charge in [0.25, 0.3) is 0 Å². The Kier molecular flexibility index (Phi) is 5.71. The van der Waals surface area contributed by atoms with E-state index in [9.17, 15) is 0 Å². The summed E-state index contributed by atoms with van der Waals surface area (Å²) in [6.45, 7) is 3.99. The van der Waals surface area contributed by atoms with Crippen LogP contribution in [0.25, 0.3) is 0 Å². The van der Waals surface area contributed by atoms with Gasteiger partial charge in [-0.05, 0) is 81.8 Å². The van der Waals surface area contributed by atoms with Crippen LogP contribution in [0.2, 0.25) is 0 Å². The molecule has 0 amide bonds. The van der Waals surface area contributed by atoms with Crippen LogP contribution in [0.4, 0.5) is 0 Å². The fraction of sp³-hybridized carbons (Fsp3) is 0.500. The molecule has 0 aromatic heterocycles. The van der Waals surface area contributed by atoms with Gasteiger partial charge < -0.3 is 0 Å². The standard InChI is InChI=1S/C4H6Br4NP/c1-3(2)4(5)9-10(6,7)8/h1-2H3. The third-order valence-corrected chi connectivity index (χ3v) is 3.71. The Morgan fingerprint density at radius 1 is 1.20 bits per heavy atom. The van der Waals surface area contributed by atoms with E-state index in [1.54, 1.807) is 0 Å². The minimum Gasteiger partial charge on any atom is -0.227 e. The second-order valence-corrected chi connectivity index (χ2v) is 21.4. The van der Waals surface area contributed by atoms with Gasteiger partial charge in [-0.25, -0.2) is 4.74 Å². The van der Waals surface area contributed by atoms with E-state index in [4.69, 9.17) is 0 Å². The quantitative estimate of drug-likeness (QED) is 0.379. The fourth-order valence-corrected chi connectivity index (χ4v) is 4.66. The number of nitrogens with zero attached hydrogens (tertiary/aromatic N) is 1. The molecule has 0 bridgehead atoms. The third-order valence-electron chi connectivity index (χ3n) is 0.614. The molecule has 60 valence electrons. The summed E-state index contributed by atoms with van der Waals surface area (Å²) < 4.78 is 3.58. The molecule has 1 nitrogen and oxygen atoms in total. The van der Waals surface area contributed by atoms with E-state index in [0.29, 0.717) is 0 Å². The van der Waals surface area contributed by atoms with Crippen LogP contribution in [0.5, 0.6) is 0 Å². The van der Waals surface area contributed by atoms with Gasteiger partial charge in [0, 0.05) is 0 Å². The van der Waals surface area contributed by atoms with Crippen molar-refractivity contribution in [3.8, 4) is 0 Å². The van der Waals surface area contributed by atoms with Crippen molar-refractivity contribution in [3.63, 3.8) is 0 Å². The summed E-state index contributed by atoms with van der Waals surface area (Å²) in [7, 11) is 0. The summed E-state index contributed by atoms with van der Waals surface area (Å²) >= 11 is 13.4. The predicted octanol–water partition coefficient (Wildman–Crippen LogP) is 5.76. The first kappa shape index (κ1) is 11.9. The van der Waals surface area contributed by atoms with Gasteiger partial charge in [-0.3, -0.25) is 0 Å². The highest BCUT2D eigenvalue weighted by molar-refractivity contribution is 9.94. The Bertz CT molecular complexity index is 191. The van der Waals surface area contributed by atoms with Gasteiger partial charge in [-0.15, -0.1) is 0 Å². The smallest absolute Gasteiger partial charge is 0.160 e. The van der Waals surface area contributed by atoms with Crippen molar-refractivity contribution in [3.05, 3.63) is 10.2 Å². The molecular formula is C4H6Br4NP. The van der Waals surface area contributed by atoms with Crippen LogP contribution in [-0.4, -0.2) is 0 Å². The van der Waals surface area contributed by atoms with Crippen LogP contribution < -0.4 is 0 Å². The number of halogens is 4. The summed E-state index contributed by atoms with van der Waals surface area (Å²) in [6.07, 6.45) is 0. The molecule has 6 heteroatoms. The number of allylic oxidation sites excluding steroid dienone is 1. The Hall–Kier alpha value is 1.89. The van der Waals surface area contributed by atoms with E-state index in [-0.39, 0.29) is 0 Å². The predicted molar refractivity (Wildman–Crippen MR) is 63.4 cm³/mol. The lowest BCUT2D eigenvalue weighted by Gasteiger charge is -1.99. The van der Waals surface area contributed by atoms with E-state index in [1.807, 2.05) is 13.8 Å². The molecule has 0 heterocycles. The van der Waals surface area contributed by atoms with Crippen molar-refractivity contribution in [2.45, 2.75) is 13.8 Å². The normalized spacial score (nSPS) is 11.0. The van der Waals surface area contributed by atoms with Crippen molar-refractivity contribution in [2.24, 2.45) is 4.74 Å². The molecule has 0 saturated heterocycles. The van der Waals surface area contributed by atoms with E-state index < -0.39 is 3.16 Å². The average Bonchev–Trinajstić information content (AvgIpc) is 1.60. The second kappa shape index (κ2) is 4.80. The van der Waals surface area contributed by atoms with Crippen LogP contribution in [0.1, 0.15) is 13.8 Å². The molecule has 0 rings (SSSR count). The highest BCUT2D eigenvalue weighted by Crippen LogP contribution is 2.72. The molecule has 0 radical (unpaired) electrons. The molecule has 0 aromatic rings. The maximum absolute atomic E-state index is 4.27. The van der Waals surface area contributed by atoms with Gasteiger partial charge >= 0.3 is 0 Å². The molecule has 0 unspecified atom stereocenters. The summed E-state index contributed by atoms with van der Waals surface area (Å²) in [6, 6.07) is 0. The average molecular weight is 419 g/mol. The molecule has 0 aliphatic rings. The monoisotopic (exact) mass is 415 g/mol. The lowest BCUT2D eigenvalue weighted by molar-refractivity contribution is 1.33. The van der Waals surface area contributed by atoms with Gasteiger partial charge in [0.1, 0.15) is 4.61 Å². The van der Waals surface area contributed by atoms with Crippen LogP contribution >= 0.6 is 65.6 Å². The molecule has 0 fully saturated rings. The van der Waals surface area contributed by atoms with E-state index in [0.717, 1.165) is 10.2 Å². The van der Waals surface area contributed by atoms with Crippen molar-refractivity contribution in [2.75, 3.05) is 0 Å². The molecule has 0 aliphatic heterocycles. The van der Waals surface area contributed by atoms with Crippen molar-refractivity contribution >= 4 is 65.6 Å². The summed E-state index contributed by atoms with van der Waals surface area (Å²) in [4.78, 5) is 0. The first-order valence-corrected chi connectivity index (χ1v) is 11.0. The minimum atomic E-state index is -1.57. The molecule has 0 aromatic carbocycles. The van der Waals surface area contributed by atoms with Gasteiger partial charge in [-0.2, -0.15) is 0 Å².